The minimum Gasteiger partial charge on any atom is -0.373 e. The van der Waals surface area contributed by atoms with E-state index in [0.29, 0.717) is 6.61 Å². The van der Waals surface area contributed by atoms with Crippen LogP contribution in [-0.2, 0) is 4.74 Å². The van der Waals surface area contributed by atoms with Gasteiger partial charge in [-0.05, 0) is 47.5 Å². The number of ether oxygens (including phenoxy) is 1. The molecule has 0 bridgehead atoms. The van der Waals surface area contributed by atoms with Crippen LogP contribution in [0.5, 0.6) is 0 Å². The summed E-state index contributed by atoms with van der Waals surface area (Å²) < 4.78 is 19.1. The van der Waals surface area contributed by atoms with E-state index in [9.17, 15) is 4.39 Å². The molecule has 2 unspecified atom stereocenters. The van der Waals surface area contributed by atoms with Crippen LogP contribution >= 0.6 is 0 Å². The lowest BCUT2D eigenvalue weighted by molar-refractivity contribution is 0.0395. The van der Waals surface area contributed by atoms with E-state index in [1.54, 1.807) is 0 Å². The third-order valence-corrected chi connectivity index (χ3v) is 5.27. The summed E-state index contributed by atoms with van der Waals surface area (Å²) in [7, 11) is 0. The van der Waals surface area contributed by atoms with Crippen molar-refractivity contribution in [1.29, 1.82) is 0 Å². The largest absolute Gasteiger partial charge is 0.373 e. The monoisotopic (exact) mass is 364 g/mol. The third-order valence-electron chi connectivity index (χ3n) is 5.27. The molecule has 0 spiro atoms. The topological polar surface area (TPSA) is 24.5 Å². The molecule has 1 heterocycles. The van der Waals surface area contributed by atoms with Gasteiger partial charge in [-0.3, -0.25) is 0 Å². The zero-order valence-corrected chi connectivity index (χ0v) is 15.6. The van der Waals surface area contributed by atoms with Gasteiger partial charge < -0.3 is 15.0 Å². The number of hydrogen-bond donors (Lipinski definition) is 1. The van der Waals surface area contributed by atoms with Crippen LogP contribution in [0.25, 0.3) is 10.8 Å². The molecule has 3 aromatic rings. The lowest BCUT2D eigenvalue weighted by Crippen LogP contribution is -2.47. The van der Waals surface area contributed by atoms with Crippen molar-refractivity contribution in [3.63, 3.8) is 0 Å². The van der Waals surface area contributed by atoms with E-state index in [1.165, 1.54) is 28.5 Å². The van der Waals surface area contributed by atoms with Crippen LogP contribution in [0, 0.1) is 5.82 Å². The normalized spacial score (nSPS) is 18.6. The van der Waals surface area contributed by atoms with Gasteiger partial charge in [0.2, 0.25) is 0 Å². The van der Waals surface area contributed by atoms with Gasteiger partial charge in [0.15, 0.2) is 0 Å². The molecular weight excluding hydrogens is 339 g/mol. The number of nitrogens with zero attached hydrogens (tertiary/aromatic N) is 1. The Morgan fingerprint density at radius 2 is 1.85 bits per heavy atom. The first-order valence-corrected chi connectivity index (χ1v) is 9.54. The van der Waals surface area contributed by atoms with Crippen molar-refractivity contribution >= 4 is 16.5 Å². The fourth-order valence-corrected chi connectivity index (χ4v) is 3.78. The SMILES string of the molecule is CC(NCC1CN(c2ccc(F)cc2)CCO1)c1cccc2ccccc12. The molecule has 0 aromatic heterocycles. The second-order valence-electron chi connectivity index (χ2n) is 7.11. The van der Waals surface area contributed by atoms with E-state index in [-0.39, 0.29) is 18.0 Å². The molecule has 1 aliphatic rings. The standard InChI is InChI=1S/C23H25FN2O/c1-17(22-8-4-6-18-5-2-3-7-23(18)22)25-15-21-16-26(13-14-27-21)20-11-9-19(24)10-12-20/h2-12,17,21,25H,13-16H2,1H3. The maximum absolute atomic E-state index is 13.2. The maximum atomic E-state index is 13.2. The van der Waals surface area contributed by atoms with Crippen molar-refractivity contribution in [2.24, 2.45) is 0 Å². The number of nitrogens with one attached hydrogen (secondary N) is 1. The molecular formula is C23H25FN2O. The molecule has 1 saturated heterocycles. The van der Waals surface area contributed by atoms with Crippen molar-refractivity contribution < 1.29 is 9.13 Å². The number of anilines is 1. The van der Waals surface area contributed by atoms with E-state index < -0.39 is 0 Å². The predicted molar refractivity (Wildman–Crippen MR) is 109 cm³/mol. The molecule has 1 aliphatic heterocycles. The Labute approximate surface area is 159 Å². The Hall–Kier alpha value is -2.43. The van der Waals surface area contributed by atoms with Crippen molar-refractivity contribution in [2.75, 3.05) is 31.1 Å². The van der Waals surface area contributed by atoms with Gasteiger partial charge in [0, 0.05) is 31.4 Å². The van der Waals surface area contributed by atoms with Gasteiger partial charge in [0.1, 0.15) is 5.82 Å². The highest BCUT2D eigenvalue weighted by Gasteiger charge is 2.21. The molecule has 0 saturated carbocycles. The first kappa shape index (κ1) is 18.0. The first-order chi connectivity index (χ1) is 13.2. The van der Waals surface area contributed by atoms with Crippen LogP contribution in [0.4, 0.5) is 10.1 Å². The summed E-state index contributed by atoms with van der Waals surface area (Å²) >= 11 is 0. The number of morpholine rings is 1. The highest BCUT2D eigenvalue weighted by atomic mass is 19.1. The van der Waals surface area contributed by atoms with Gasteiger partial charge in [0.25, 0.3) is 0 Å². The van der Waals surface area contributed by atoms with Gasteiger partial charge in [-0.15, -0.1) is 0 Å². The van der Waals surface area contributed by atoms with Crippen LogP contribution in [-0.4, -0.2) is 32.3 Å². The van der Waals surface area contributed by atoms with Gasteiger partial charge in [-0.25, -0.2) is 4.39 Å². The summed E-state index contributed by atoms with van der Waals surface area (Å²) in [6, 6.07) is 21.9. The van der Waals surface area contributed by atoms with Crippen LogP contribution < -0.4 is 10.2 Å². The average molecular weight is 364 g/mol. The van der Waals surface area contributed by atoms with Crippen molar-refractivity contribution in [3.05, 3.63) is 78.1 Å². The number of fused-ring (bicyclic) bond motifs is 1. The minimum atomic E-state index is -0.200. The third kappa shape index (κ3) is 4.12. The van der Waals surface area contributed by atoms with E-state index in [2.05, 4.69) is 59.6 Å². The number of hydrogen-bond acceptors (Lipinski definition) is 3. The summed E-state index contributed by atoms with van der Waals surface area (Å²) in [5.41, 5.74) is 2.35. The quantitative estimate of drug-likeness (QED) is 0.720. The van der Waals surface area contributed by atoms with E-state index >= 15 is 0 Å². The molecule has 140 valence electrons. The minimum absolute atomic E-state index is 0.112. The second-order valence-corrected chi connectivity index (χ2v) is 7.11. The molecule has 0 radical (unpaired) electrons. The predicted octanol–water partition coefficient (Wildman–Crippen LogP) is 4.53. The highest BCUT2D eigenvalue weighted by molar-refractivity contribution is 5.86. The molecule has 3 nitrogen and oxygen atoms in total. The summed E-state index contributed by atoms with van der Waals surface area (Å²) in [5, 5.41) is 6.18. The van der Waals surface area contributed by atoms with Crippen LogP contribution in [0.3, 0.4) is 0 Å². The fourth-order valence-electron chi connectivity index (χ4n) is 3.78. The molecule has 1 fully saturated rings. The molecule has 0 amide bonds. The molecule has 1 N–H and O–H groups in total. The van der Waals surface area contributed by atoms with E-state index in [0.717, 1.165) is 25.3 Å². The van der Waals surface area contributed by atoms with Gasteiger partial charge in [0.05, 0.1) is 12.7 Å². The number of rotatable bonds is 5. The van der Waals surface area contributed by atoms with Crippen molar-refractivity contribution in [3.8, 4) is 0 Å². The molecule has 0 aliphatic carbocycles. The Morgan fingerprint density at radius 3 is 2.70 bits per heavy atom. The Kier molecular flexibility index (Phi) is 5.37. The Bertz CT molecular complexity index is 891. The van der Waals surface area contributed by atoms with Crippen LogP contribution in [0.2, 0.25) is 0 Å². The van der Waals surface area contributed by atoms with Crippen molar-refractivity contribution in [1.82, 2.24) is 5.32 Å². The summed E-state index contributed by atoms with van der Waals surface area (Å²) in [5.74, 6) is -0.200. The van der Waals surface area contributed by atoms with Gasteiger partial charge in [-0.2, -0.15) is 0 Å². The maximum Gasteiger partial charge on any atom is 0.123 e. The highest BCUT2D eigenvalue weighted by Crippen LogP contribution is 2.24. The Balaban J connectivity index is 1.39. The molecule has 3 aromatic carbocycles. The zero-order chi connectivity index (χ0) is 18.6. The summed E-state index contributed by atoms with van der Waals surface area (Å²) in [4.78, 5) is 2.26. The molecule has 2 atom stereocenters. The Morgan fingerprint density at radius 1 is 1.07 bits per heavy atom. The smallest absolute Gasteiger partial charge is 0.123 e. The van der Waals surface area contributed by atoms with Gasteiger partial charge >= 0.3 is 0 Å². The first-order valence-electron chi connectivity index (χ1n) is 9.54. The van der Waals surface area contributed by atoms with E-state index in [4.69, 9.17) is 4.74 Å². The molecule has 4 heteroatoms. The molecule has 4 rings (SSSR count). The fraction of sp³-hybridized carbons (Fsp3) is 0.304. The molecule has 27 heavy (non-hydrogen) atoms. The lowest BCUT2D eigenvalue weighted by atomic mass is 9.99. The number of halogens is 1. The lowest BCUT2D eigenvalue weighted by Gasteiger charge is -2.35. The zero-order valence-electron chi connectivity index (χ0n) is 15.6. The summed E-state index contributed by atoms with van der Waals surface area (Å²) in [6.45, 7) is 5.30. The van der Waals surface area contributed by atoms with Crippen LogP contribution in [0.15, 0.2) is 66.7 Å². The van der Waals surface area contributed by atoms with Crippen molar-refractivity contribution in [2.45, 2.75) is 19.1 Å². The average Bonchev–Trinajstić information content (AvgIpc) is 2.72. The number of benzene rings is 3. The van der Waals surface area contributed by atoms with Crippen LogP contribution in [0.1, 0.15) is 18.5 Å². The summed E-state index contributed by atoms with van der Waals surface area (Å²) in [6.07, 6.45) is 0.112. The van der Waals surface area contributed by atoms with E-state index in [1.807, 2.05) is 12.1 Å². The van der Waals surface area contributed by atoms with Gasteiger partial charge in [-0.1, -0.05) is 42.5 Å². The second kappa shape index (κ2) is 8.07.